The van der Waals surface area contributed by atoms with Crippen LogP contribution in [0.2, 0.25) is 0 Å². The molecule has 0 bridgehead atoms. The van der Waals surface area contributed by atoms with E-state index in [2.05, 4.69) is 0 Å². The number of rotatable bonds is 16. The molecule has 0 aliphatic rings. The van der Waals surface area contributed by atoms with Gasteiger partial charge < -0.3 is 38.1 Å². The first-order valence-electron chi connectivity index (χ1n) is 14.8. The number of nitro groups is 1. The van der Waals surface area contributed by atoms with Crippen LogP contribution < -0.4 is 33.3 Å². The van der Waals surface area contributed by atoms with Crippen molar-refractivity contribution in [1.29, 1.82) is 0 Å². The van der Waals surface area contributed by atoms with Crippen LogP contribution in [-0.2, 0) is 11.3 Å². The van der Waals surface area contributed by atoms with E-state index in [0.717, 1.165) is 6.07 Å². The third-order valence-corrected chi connectivity index (χ3v) is 6.90. The van der Waals surface area contributed by atoms with Crippen LogP contribution >= 0.6 is 0 Å². The summed E-state index contributed by atoms with van der Waals surface area (Å²) in [7, 11) is 6.99. The number of nitro benzene ring substituents is 1. The summed E-state index contributed by atoms with van der Waals surface area (Å²) in [5.74, 6) is 0.0368. The van der Waals surface area contributed by atoms with E-state index < -0.39 is 22.5 Å². The molecule has 13 nitrogen and oxygen atoms in total. The van der Waals surface area contributed by atoms with Crippen LogP contribution in [0.1, 0.15) is 54.0 Å². The van der Waals surface area contributed by atoms with Crippen LogP contribution in [0, 0.1) is 22.0 Å². The second kappa shape index (κ2) is 16.4. The SMILES string of the molecule is COC(=O)c1cc(N(Cc2ccc(OC)cc2OC)C(=O)c2cc([N+](=O)[O-])c(OCC(C)C)cc2OCC(C)C)c(OC)cc1OC. The minimum Gasteiger partial charge on any atom is -0.497 e. The molecule has 0 radical (unpaired) electrons. The summed E-state index contributed by atoms with van der Waals surface area (Å²) in [5, 5.41) is 12.3. The molecule has 0 N–H and O–H groups in total. The number of carbonyl (C=O) groups excluding carboxylic acids is 2. The van der Waals surface area contributed by atoms with Gasteiger partial charge in [0.15, 0.2) is 0 Å². The quantitative estimate of drug-likeness (QED) is 0.0970. The third kappa shape index (κ3) is 8.75. The van der Waals surface area contributed by atoms with E-state index in [0.29, 0.717) is 17.1 Å². The van der Waals surface area contributed by atoms with Crippen molar-refractivity contribution in [1.82, 2.24) is 0 Å². The van der Waals surface area contributed by atoms with Crippen LogP contribution in [0.25, 0.3) is 0 Å². The minimum atomic E-state index is -0.719. The molecule has 254 valence electrons. The summed E-state index contributed by atoms with van der Waals surface area (Å²) < 4.78 is 38.9. The summed E-state index contributed by atoms with van der Waals surface area (Å²) in [6.07, 6.45) is 0. The predicted octanol–water partition coefficient (Wildman–Crippen LogP) is 6.33. The van der Waals surface area contributed by atoms with Gasteiger partial charge in [0.25, 0.3) is 5.91 Å². The Morgan fingerprint density at radius 1 is 0.723 bits per heavy atom. The highest BCUT2D eigenvalue weighted by atomic mass is 16.6. The summed E-state index contributed by atoms with van der Waals surface area (Å²) in [5.41, 5.74) is 0.193. The molecule has 0 saturated heterocycles. The average molecular weight is 655 g/mol. The Balaban J connectivity index is 2.36. The maximum absolute atomic E-state index is 14.8. The van der Waals surface area contributed by atoms with Crippen molar-refractivity contribution < 1.29 is 47.7 Å². The van der Waals surface area contributed by atoms with Crippen molar-refractivity contribution >= 4 is 23.3 Å². The number of anilines is 1. The van der Waals surface area contributed by atoms with Crippen LogP contribution in [0.5, 0.6) is 34.5 Å². The molecular weight excluding hydrogens is 612 g/mol. The Kier molecular flexibility index (Phi) is 12.6. The molecule has 0 heterocycles. The fourth-order valence-corrected chi connectivity index (χ4v) is 4.53. The lowest BCUT2D eigenvalue weighted by molar-refractivity contribution is -0.385. The van der Waals surface area contributed by atoms with Gasteiger partial charge in [-0.25, -0.2) is 4.79 Å². The van der Waals surface area contributed by atoms with Gasteiger partial charge in [-0.05, 0) is 30.0 Å². The first-order valence-corrected chi connectivity index (χ1v) is 14.8. The standard InChI is InChI=1S/C34H42N2O11/c1-20(2)18-46-30-16-32(47-19-21(3)4)27(36(39)40)13-24(30)33(37)35(17-22-10-11-23(41-5)12-28(22)42-6)26-14-25(34(38)45-9)29(43-7)15-31(26)44-8/h10-16,20-21H,17-19H2,1-9H3. The zero-order valence-electron chi connectivity index (χ0n) is 28.2. The Bertz CT molecular complexity index is 1590. The summed E-state index contributed by atoms with van der Waals surface area (Å²) in [6.45, 7) is 7.99. The van der Waals surface area contributed by atoms with Gasteiger partial charge in [-0.3, -0.25) is 14.9 Å². The number of nitrogens with zero attached hydrogens (tertiary/aromatic N) is 2. The van der Waals surface area contributed by atoms with E-state index in [-0.39, 0.29) is 71.4 Å². The normalized spacial score (nSPS) is 10.8. The predicted molar refractivity (Wildman–Crippen MR) is 175 cm³/mol. The third-order valence-electron chi connectivity index (χ3n) is 6.90. The van der Waals surface area contributed by atoms with Gasteiger partial charge in [0, 0.05) is 29.8 Å². The summed E-state index contributed by atoms with van der Waals surface area (Å²) >= 11 is 0. The lowest BCUT2D eigenvalue weighted by atomic mass is 10.1. The van der Waals surface area contributed by atoms with E-state index in [1.807, 2.05) is 27.7 Å². The van der Waals surface area contributed by atoms with E-state index >= 15 is 0 Å². The monoisotopic (exact) mass is 654 g/mol. The second-order valence-corrected chi connectivity index (χ2v) is 11.3. The van der Waals surface area contributed by atoms with Crippen molar-refractivity contribution in [2.45, 2.75) is 34.2 Å². The zero-order chi connectivity index (χ0) is 34.8. The number of methoxy groups -OCH3 is 5. The van der Waals surface area contributed by atoms with Gasteiger partial charge in [0.05, 0.1) is 71.5 Å². The molecule has 47 heavy (non-hydrogen) atoms. The van der Waals surface area contributed by atoms with Crippen molar-refractivity contribution in [3.63, 3.8) is 0 Å². The highest BCUT2D eigenvalue weighted by Gasteiger charge is 2.31. The highest BCUT2D eigenvalue weighted by Crippen LogP contribution is 2.41. The Morgan fingerprint density at radius 2 is 1.32 bits per heavy atom. The molecule has 0 atom stereocenters. The molecule has 13 heteroatoms. The Hall–Kier alpha value is -5.20. The van der Waals surface area contributed by atoms with Crippen LogP contribution in [0.3, 0.4) is 0 Å². The molecule has 3 aromatic carbocycles. The van der Waals surface area contributed by atoms with Gasteiger partial charge in [0.1, 0.15) is 34.3 Å². The van der Waals surface area contributed by atoms with Crippen molar-refractivity contribution in [3.8, 4) is 34.5 Å². The Morgan fingerprint density at radius 3 is 1.85 bits per heavy atom. The van der Waals surface area contributed by atoms with E-state index in [1.165, 1.54) is 58.6 Å². The van der Waals surface area contributed by atoms with E-state index in [1.54, 1.807) is 18.2 Å². The molecule has 0 aromatic heterocycles. The van der Waals surface area contributed by atoms with Gasteiger partial charge >= 0.3 is 11.7 Å². The maximum atomic E-state index is 14.8. The smallest absolute Gasteiger partial charge is 0.341 e. The van der Waals surface area contributed by atoms with Crippen molar-refractivity contribution in [2.24, 2.45) is 11.8 Å². The molecule has 0 unspecified atom stereocenters. The van der Waals surface area contributed by atoms with Crippen molar-refractivity contribution in [3.05, 3.63) is 69.3 Å². The molecule has 0 aliphatic carbocycles. The number of hydrogen-bond acceptors (Lipinski definition) is 11. The van der Waals surface area contributed by atoms with Crippen LogP contribution in [-0.4, -0.2) is 65.6 Å². The van der Waals surface area contributed by atoms with Crippen LogP contribution in [0.4, 0.5) is 11.4 Å². The lowest BCUT2D eigenvalue weighted by Gasteiger charge is -2.27. The van der Waals surface area contributed by atoms with E-state index in [4.69, 9.17) is 33.2 Å². The number of amides is 1. The Labute approximate surface area is 274 Å². The largest absolute Gasteiger partial charge is 0.497 e. The fourth-order valence-electron chi connectivity index (χ4n) is 4.53. The number of benzene rings is 3. The van der Waals surface area contributed by atoms with Gasteiger partial charge in [-0.1, -0.05) is 27.7 Å². The summed E-state index contributed by atoms with van der Waals surface area (Å²) in [6, 6.07) is 10.4. The van der Waals surface area contributed by atoms with Crippen molar-refractivity contribution in [2.75, 3.05) is 53.7 Å². The van der Waals surface area contributed by atoms with E-state index in [9.17, 15) is 19.7 Å². The maximum Gasteiger partial charge on any atom is 0.341 e. The minimum absolute atomic E-state index is 0.0185. The molecule has 0 aliphatic heterocycles. The zero-order valence-corrected chi connectivity index (χ0v) is 28.2. The molecule has 3 aromatic rings. The molecule has 1 amide bonds. The first-order chi connectivity index (χ1) is 22.4. The average Bonchev–Trinajstić information content (AvgIpc) is 3.06. The van der Waals surface area contributed by atoms with Gasteiger partial charge in [-0.2, -0.15) is 0 Å². The highest BCUT2D eigenvalue weighted by molar-refractivity contribution is 6.10. The molecular formula is C34H42N2O11. The summed E-state index contributed by atoms with van der Waals surface area (Å²) in [4.78, 5) is 40.6. The number of ether oxygens (including phenoxy) is 7. The van der Waals surface area contributed by atoms with Gasteiger partial charge in [-0.15, -0.1) is 0 Å². The molecule has 0 saturated carbocycles. The molecule has 3 rings (SSSR count). The first kappa shape index (κ1) is 36.3. The molecule has 0 fully saturated rings. The number of hydrogen-bond donors (Lipinski definition) is 0. The number of esters is 1. The number of carbonyl (C=O) groups is 2. The topological polar surface area (TPSA) is 145 Å². The van der Waals surface area contributed by atoms with Crippen LogP contribution in [0.15, 0.2) is 42.5 Å². The fraction of sp³-hybridized carbons (Fsp3) is 0.412. The second-order valence-electron chi connectivity index (χ2n) is 11.3. The lowest BCUT2D eigenvalue weighted by Crippen LogP contribution is -2.32. The molecule has 0 spiro atoms. The van der Waals surface area contributed by atoms with Gasteiger partial charge in [0.2, 0.25) is 5.75 Å².